The minimum Gasteiger partial charge on any atom is -0.484 e. The van der Waals surface area contributed by atoms with Gasteiger partial charge < -0.3 is 14.5 Å². The number of amides is 2. The molecule has 2 aromatic carbocycles. The molecule has 0 N–H and O–H groups in total. The molecule has 5 nitrogen and oxygen atoms in total. The number of nitrogens with zero attached hydrogens (tertiary/aromatic N) is 2. The summed E-state index contributed by atoms with van der Waals surface area (Å²) in [6, 6.07) is 15.1. The van der Waals surface area contributed by atoms with Crippen LogP contribution in [0.1, 0.15) is 18.4 Å². The van der Waals surface area contributed by atoms with E-state index in [-0.39, 0.29) is 18.4 Å². The fourth-order valence-electron chi connectivity index (χ4n) is 2.80. The van der Waals surface area contributed by atoms with Crippen molar-refractivity contribution < 1.29 is 14.3 Å². The molecular formula is C20H22N2O3. The SMILES string of the molecule is Cc1ccc(N(C)C(=O)COc2ccc(N3CCCC3=O)cc2)cc1. The minimum atomic E-state index is -0.123. The first-order valence-electron chi connectivity index (χ1n) is 8.41. The molecule has 0 spiro atoms. The van der Waals surface area contributed by atoms with Gasteiger partial charge in [0.15, 0.2) is 6.61 Å². The molecule has 0 unspecified atom stereocenters. The van der Waals surface area contributed by atoms with Crippen LogP contribution in [0, 0.1) is 6.92 Å². The van der Waals surface area contributed by atoms with Crippen molar-refractivity contribution in [3.8, 4) is 5.75 Å². The minimum absolute atomic E-state index is 0.0353. The molecule has 130 valence electrons. The molecule has 2 amide bonds. The van der Waals surface area contributed by atoms with Crippen LogP contribution in [0.2, 0.25) is 0 Å². The Bertz CT molecular complexity index is 754. The zero-order valence-corrected chi connectivity index (χ0v) is 14.6. The van der Waals surface area contributed by atoms with Crippen molar-refractivity contribution >= 4 is 23.2 Å². The normalized spacial score (nSPS) is 13.8. The summed E-state index contributed by atoms with van der Waals surface area (Å²) in [7, 11) is 1.73. The van der Waals surface area contributed by atoms with E-state index < -0.39 is 0 Å². The van der Waals surface area contributed by atoms with Gasteiger partial charge >= 0.3 is 0 Å². The first-order valence-corrected chi connectivity index (χ1v) is 8.41. The highest BCUT2D eigenvalue weighted by atomic mass is 16.5. The molecule has 1 aliphatic heterocycles. The Balaban J connectivity index is 1.56. The molecule has 2 aromatic rings. The molecular weight excluding hydrogens is 316 g/mol. The van der Waals surface area contributed by atoms with Gasteiger partial charge in [0.2, 0.25) is 5.91 Å². The third-order valence-electron chi connectivity index (χ3n) is 4.38. The van der Waals surface area contributed by atoms with Gasteiger partial charge in [-0.05, 0) is 49.7 Å². The Kier molecular flexibility index (Phi) is 5.03. The van der Waals surface area contributed by atoms with E-state index in [0.29, 0.717) is 12.2 Å². The average Bonchev–Trinajstić information content (AvgIpc) is 3.06. The number of aryl methyl sites for hydroxylation is 1. The van der Waals surface area contributed by atoms with Gasteiger partial charge in [-0.1, -0.05) is 17.7 Å². The lowest BCUT2D eigenvalue weighted by Gasteiger charge is -2.18. The third kappa shape index (κ3) is 3.99. The second-order valence-corrected chi connectivity index (χ2v) is 6.22. The van der Waals surface area contributed by atoms with E-state index in [1.165, 1.54) is 0 Å². The zero-order chi connectivity index (χ0) is 17.8. The van der Waals surface area contributed by atoms with Crippen molar-refractivity contribution in [1.29, 1.82) is 0 Å². The van der Waals surface area contributed by atoms with Crippen LogP contribution in [0.4, 0.5) is 11.4 Å². The molecule has 0 aliphatic carbocycles. The van der Waals surface area contributed by atoms with Crippen molar-refractivity contribution in [2.24, 2.45) is 0 Å². The zero-order valence-electron chi connectivity index (χ0n) is 14.6. The van der Waals surface area contributed by atoms with Gasteiger partial charge in [0.1, 0.15) is 5.75 Å². The molecule has 0 saturated carbocycles. The topological polar surface area (TPSA) is 49.9 Å². The van der Waals surface area contributed by atoms with E-state index in [4.69, 9.17) is 4.74 Å². The second-order valence-electron chi connectivity index (χ2n) is 6.22. The number of likely N-dealkylation sites (N-methyl/N-ethyl adjacent to an activating group) is 1. The number of carbonyl (C=O) groups is 2. The Morgan fingerprint density at radius 3 is 2.40 bits per heavy atom. The molecule has 0 radical (unpaired) electrons. The van der Waals surface area contributed by atoms with E-state index in [1.807, 2.05) is 43.3 Å². The summed E-state index contributed by atoms with van der Waals surface area (Å²) < 4.78 is 5.58. The summed E-state index contributed by atoms with van der Waals surface area (Å²) in [5.41, 5.74) is 2.86. The summed E-state index contributed by atoms with van der Waals surface area (Å²) in [6.07, 6.45) is 1.51. The van der Waals surface area contributed by atoms with E-state index >= 15 is 0 Å². The molecule has 1 heterocycles. The van der Waals surface area contributed by atoms with Crippen LogP contribution in [0.25, 0.3) is 0 Å². The van der Waals surface area contributed by atoms with Crippen LogP contribution < -0.4 is 14.5 Å². The molecule has 0 bridgehead atoms. The maximum atomic E-state index is 12.3. The van der Waals surface area contributed by atoms with Crippen LogP contribution in [0.15, 0.2) is 48.5 Å². The Labute approximate surface area is 147 Å². The van der Waals surface area contributed by atoms with E-state index in [0.717, 1.165) is 29.9 Å². The molecule has 5 heteroatoms. The second kappa shape index (κ2) is 7.38. The average molecular weight is 338 g/mol. The van der Waals surface area contributed by atoms with E-state index in [1.54, 1.807) is 29.0 Å². The largest absolute Gasteiger partial charge is 0.484 e. The molecule has 1 aliphatic rings. The monoisotopic (exact) mass is 338 g/mol. The predicted octanol–water partition coefficient (Wildman–Crippen LogP) is 3.16. The Morgan fingerprint density at radius 1 is 1.12 bits per heavy atom. The first-order chi connectivity index (χ1) is 12.0. The Hall–Kier alpha value is -2.82. The molecule has 3 rings (SSSR count). The lowest BCUT2D eigenvalue weighted by molar-refractivity contribution is -0.120. The Morgan fingerprint density at radius 2 is 1.80 bits per heavy atom. The standard InChI is InChI=1S/C20H22N2O3/c1-15-5-7-16(8-6-15)21(2)20(24)14-25-18-11-9-17(10-12-18)22-13-3-4-19(22)23/h5-12H,3-4,13-14H2,1-2H3. The fraction of sp³-hybridized carbons (Fsp3) is 0.300. The van der Waals surface area contributed by atoms with Crippen LogP contribution in [-0.2, 0) is 9.59 Å². The van der Waals surface area contributed by atoms with Crippen LogP contribution in [0.3, 0.4) is 0 Å². The fourth-order valence-corrected chi connectivity index (χ4v) is 2.80. The number of anilines is 2. The van der Waals surface area contributed by atoms with Crippen molar-refractivity contribution in [3.05, 3.63) is 54.1 Å². The van der Waals surface area contributed by atoms with Gasteiger partial charge in [-0.3, -0.25) is 9.59 Å². The van der Waals surface area contributed by atoms with Crippen molar-refractivity contribution in [2.75, 3.05) is 30.0 Å². The number of hydrogen-bond donors (Lipinski definition) is 0. The van der Waals surface area contributed by atoms with Crippen LogP contribution >= 0.6 is 0 Å². The highest BCUT2D eigenvalue weighted by Gasteiger charge is 2.21. The van der Waals surface area contributed by atoms with Gasteiger partial charge in [-0.2, -0.15) is 0 Å². The maximum Gasteiger partial charge on any atom is 0.264 e. The van der Waals surface area contributed by atoms with Gasteiger partial charge in [-0.15, -0.1) is 0 Å². The van der Waals surface area contributed by atoms with Crippen molar-refractivity contribution in [1.82, 2.24) is 0 Å². The van der Waals surface area contributed by atoms with Crippen molar-refractivity contribution in [2.45, 2.75) is 19.8 Å². The van der Waals surface area contributed by atoms with Gasteiger partial charge in [-0.25, -0.2) is 0 Å². The number of ether oxygens (including phenoxy) is 1. The third-order valence-corrected chi connectivity index (χ3v) is 4.38. The summed E-state index contributed by atoms with van der Waals surface area (Å²) in [5.74, 6) is 0.646. The molecule has 1 fully saturated rings. The van der Waals surface area contributed by atoms with Crippen molar-refractivity contribution in [3.63, 3.8) is 0 Å². The molecule has 1 saturated heterocycles. The van der Waals surface area contributed by atoms with Gasteiger partial charge in [0.25, 0.3) is 5.91 Å². The summed E-state index contributed by atoms with van der Waals surface area (Å²) in [4.78, 5) is 27.4. The lowest BCUT2D eigenvalue weighted by Crippen LogP contribution is -2.31. The summed E-state index contributed by atoms with van der Waals surface area (Å²) in [5, 5.41) is 0. The summed E-state index contributed by atoms with van der Waals surface area (Å²) in [6.45, 7) is 2.74. The van der Waals surface area contributed by atoms with Gasteiger partial charge in [0, 0.05) is 31.4 Å². The van der Waals surface area contributed by atoms with E-state index in [2.05, 4.69) is 0 Å². The lowest BCUT2D eigenvalue weighted by atomic mass is 10.2. The quantitative estimate of drug-likeness (QED) is 0.841. The van der Waals surface area contributed by atoms with Crippen LogP contribution in [0.5, 0.6) is 5.75 Å². The maximum absolute atomic E-state index is 12.3. The number of rotatable bonds is 5. The number of benzene rings is 2. The predicted molar refractivity (Wildman–Crippen MR) is 98.1 cm³/mol. The summed E-state index contributed by atoms with van der Waals surface area (Å²) >= 11 is 0. The molecule has 25 heavy (non-hydrogen) atoms. The first kappa shape index (κ1) is 17.0. The number of hydrogen-bond acceptors (Lipinski definition) is 3. The number of carbonyl (C=O) groups excluding carboxylic acids is 2. The molecule has 0 aromatic heterocycles. The smallest absolute Gasteiger partial charge is 0.264 e. The van der Waals surface area contributed by atoms with Gasteiger partial charge in [0.05, 0.1) is 0 Å². The van der Waals surface area contributed by atoms with E-state index in [9.17, 15) is 9.59 Å². The molecule has 0 atom stereocenters. The van der Waals surface area contributed by atoms with Crippen LogP contribution in [-0.4, -0.2) is 32.0 Å². The highest BCUT2D eigenvalue weighted by molar-refractivity contribution is 5.95. The highest BCUT2D eigenvalue weighted by Crippen LogP contribution is 2.24.